The number of carbonyl (C=O) groups is 1. The van der Waals surface area contributed by atoms with Gasteiger partial charge in [0.15, 0.2) is 0 Å². The molecule has 0 aliphatic heterocycles. The maximum atomic E-state index is 12.1. The monoisotopic (exact) mass is 266 g/mol. The van der Waals surface area contributed by atoms with Crippen LogP contribution in [0.1, 0.15) is 24.1 Å². The molecule has 1 aromatic heterocycles. The van der Waals surface area contributed by atoms with Gasteiger partial charge in [0, 0.05) is 24.2 Å². The molecule has 3 heteroatoms. The highest BCUT2D eigenvalue weighted by molar-refractivity contribution is 5.83. The zero-order valence-corrected chi connectivity index (χ0v) is 11.4. The van der Waals surface area contributed by atoms with Crippen molar-refractivity contribution in [1.82, 2.24) is 9.97 Å². The minimum Gasteiger partial charge on any atom is -0.299 e. The van der Waals surface area contributed by atoms with Gasteiger partial charge in [-0.25, -0.2) is 9.97 Å². The van der Waals surface area contributed by atoms with Gasteiger partial charge in [-0.3, -0.25) is 4.79 Å². The molecule has 20 heavy (non-hydrogen) atoms. The Morgan fingerprint density at radius 3 is 2.70 bits per heavy atom. The van der Waals surface area contributed by atoms with E-state index in [9.17, 15) is 4.79 Å². The Morgan fingerprint density at radius 2 is 1.95 bits per heavy atom. The summed E-state index contributed by atoms with van der Waals surface area (Å²) < 4.78 is 0. The first-order chi connectivity index (χ1) is 9.81. The molecular formula is C17H18N2O. The van der Waals surface area contributed by atoms with Crippen molar-refractivity contribution in [2.45, 2.75) is 25.7 Å². The second kappa shape index (κ2) is 5.95. The molecule has 102 valence electrons. The molecule has 0 saturated heterocycles. The van der Waals surface area contributed by atoms with E-state index in [1.807, 2.05) is 12.1 Å². The number of hydrogen-bond donors (Lipinski definition) is 0. The summed E-state index contributed by atoms with van der Waals surface area (Å²) >= 11 is 0. The zero-order chi connectivity index (χ0) is 13.8. The molecular weight excluding hydrogens is 248 g/mol. The van der Waals surface area contributed by atoms with E-state index in [0.29, 0.717) is 18.1 Å². The maximum Gasteiger partial charge on any atom is 0.136 e. The van der Waals surface area contributed by atoms with E-state index in [4.69, 9.17) is 0 Å². The summed E-state index contributed by atoms with van der Waals surface area (Å²) in [4.78, 5) is 20.3. The molecule has 2 atom stereocenters. The maximum absolute atomic E-state index is 12.1. The van der Waals surface area contributed by atoms with Crippen molar-refractivity contribution in [2.75, 3.05) is 0 Å². The van der Waals surface area contributed by atoms with Crippen LogP contribution in [-0.4, -0.2) is 15.8 Å². The number of benzene rings is 1. The summed E-state index contributed by atoms with van der Waals surface area (Å²) in [6.45, 7) is 0. The highest BCUT2D eigenvalue weighted by atomic mass is 16.1. The van der Waals surface area contributed by atoms with Gasteiger partial charge < -0.3 is 0 Å². The summed E-state index contributed by atoms with van der Waals surface area (Å²) in [5.74, 6) is 1.01. The van der Waals surface area contributed by atoms with Crippen LogP contribution < -0.4 is 0 Å². The predicted octanol–water partition coefficient (Wildman–Crippen LogP) is 2.86. The number of nitrogens with zero attached hydrogens (tertiary/aromatic N) is 2. The fourth-order valence-corrected chi connectivity index (χ4v) is 3.06. The predicted molar refractivity (Wildman–Crippen MR) is 77.1 cm³/mol. The van der Waals surface area contributed by atoms with E-state index in [1.165, 1.54) is 5.56 Å². The second-order valence-electron chi connectivity index (χ2n) is 5.56. The van der Waals surface area contributed by atoms with E-state index in [-0.39, 0.29) is 5.92 Å². The van der Waals surface area contributed by atoms with Crippen LogP contribution in [0.4, 0.5) is 0 Å². The normalized spacial score (nSPS) is 22.1. The lowest BCUT2D eigenvalue weighted by molar-refractivity contribution is -0.120. The molecule has 1 aliphatic carbocycles. The summed E-state index contributed by atoms with van der Waals surface area (Å²) in [7, 11) is 0. The van der Waals surface area contributed by atoms with Crippen molar-refractivity contribution in [3.63, 3.8) is 0 Å². The molecule has 1 fully saturated rings. The van der Waals surface area contributed by atoms with E-state index in [1.54, 1.807) is 12.5 Å². The van der Waals surface area contributed by atoms with Gasteiger partial charge in [-0.15, -0.1) is 0 Å². The largest absolute Gasteiger partial charge is 0.299 e. The van der Waals surface area contributed by atoms with Crippen LogP contribution in [0.15, 0.2) is 48.9 Å². The molecule has 1 aliphatic rings. The molecule has 0 N–H and O–H groups in total. The molecule has 1 heterocycles. The average molecular weight is 266 g/mol. The topological polar surface area (TPSA) is 42.9 Å². The number of Topliss-reactive ketones (excluding diaryl/α,β-unsaturated/α-hetero) is 1. The summed E-state index contributed by atoms with van der Waals surface area (Å²) in [6.07, 6.45) is 6.75. The van der Waals surface area contributed by atoms with Crippen LogP contribution in [0.25, 0.3) is 0 Å². The van der Waals surface area contributed by atoms with Gasteiger partial charge in [-0.2, -0.15) is 0 Å². The van der Waals surface area contributed by atoms with Gasteiger partial charge in [0.05, 0.1) is 0 Å². The second-order valence-corrected chi connectivity index (χ2v) is 5.56. The Kier molecular flexibility index (Phi) is 3.86. The van der Waals surface area contributed by atoms with Gasteiger partial charge in [0.2, 0.25) is 0 Å². The zero-order valence-electron chi connectivity index (χ0n) is 11.4. The summed E-state index contributed by atoms with van der Waals surface area (Å²) in [5, 5.41) is 0. The highest BCUT2D eigenvalue weighted by Gasteiger charge is 2.32. The Morgan fingerprint density at radius 1 is 1.10 bits per heavy atom. The Bertz CT molecular complexity index is 568. The van der Waals surface area contributed by atoms with Gasteiger partial charge in [0.1, 0.15) is 12.1 Å². The van der Waals surface area contributed by atoms with E-state index in [2.05, 4.69) is 34.2 Å². The summed E-state index contributed by atoms with van der Waals surface area (Å²) in [6, 6.07) is 12.3. The van der Waals surface area contributed by atoms with Crippen LogP contribution in [-0.2, 0) is 17.6 Å². The highest BCUT2D eigenvalue weighted by Crippen LogP contribution is 2.32. The van der Waals surface area contributed by atoms with Gasteiger partial charge in [-0.05, 0) is 36.8 Å². The number of ketones is 1. The quantitative estimate of drug-likeness (QED) is 0.854. The fourth-order valence-electron chi connectivity index (χ4n) is 3.06. The van der Waals surface area contributed by atoms with Crippen LogP contribution in [0, 0.1) is 11.8 Å². The van der Waals surface area contributed by atoms with E-state index in [0.717, 1.165) is 25.0 Å². The number of hydrogen-bond acceptors (Lipinski definition) is 3. The fraction of sp³-hybridized carbons (Fsp3) is 0.353. The SMILES string of the molecule is O=C1C[C@@H](Cc2ccccc2)CC1Cc1ccncn1. The number of carbonyl (C=O) groups excluding carboxylic acids is 1. The number of aromatic nitrogens is 2. The molecule has 3 nitrogen and oxygen atoms in total. The first-order valence-electron chi connectivity index (χ1n) is 7.13. The van der Waals surface area contributed by atoms with Crippen molar-refractivity contribution in [1.29, 1.82) is 0 Å². The van der Waals surface area contributed by atoms with Gasteiger partial charge >= 0.3 is 0 Å². The molecule has 2 aromatic rings. The molecule has 0 bridgehead atoms. The molecule has 1 unspecified atom stereocenters. The van der Waals surface area contributed by atoms with Crippen molar-refractivity contribution < 1.29 is 4.79 Å². The van der Waals surface area contributed by atoms with Crippen molar-refractivity contribution in [3.8, 4) is 0 Å². The molecule has 0 amide bonds. The molecule has 1 saturated carbocycles. The third-order valence-electron chi connectivity index (χ3n) is 4.03. The smallest absolute Gasteiger partial charge is 0.136 e. The number of rotatable bonds is 4. The third-order valence-corrected chi connectivity index (χ3v) is 4.03. The minimum atomic E-state index is 0.138. The molecule has 0 radical (unpaired) electrons. The van der Waals surface area contributed by atoms with Crippen molar-refractivity contribution in [3.05, 3.63) is 60.2 Å². The van der Waals surface area contributed by atoms with Crippen LogP contribution in [0.2, 0.25) is 0 Å². The van der Waals surface area contributed by atoms with Crippen molar-refractivity contribution >= 4 is 5.78 Å². The van der Waals surface area contributed by atoms with Crippen LogP contribution in [0.5, 0.6) is 0 Å². The summed E-state index contributed by atoms with van der Waals surface area (Å²) in [5.41, 5.74) is 2.30. The molecule has 1 aromatic carbocycles. The van der Waals surface area contributed by atoms with Gasteiger partial charge in [-0.1, -0.05) is 30.3 Å². The Balaban J connectivity index is 1.61. The lowest BCUT2D eigenvalue weighted by Crippen LogP contribution is -2.10. The molecule has 0 spiro atoms. The van der Waals surface area contributed by atoms with E-state index < -0.39 is 0 Å². The van der Waals surface area contributed by atoms with E-state index >= 15 is 0 Å². The van der Waals surface area contributed by atoms with Crippen molar-refractivity contribution in [2.24, 2.45) is 11.8 Å². The first kappa shape index (κ1) is 13.0. The Hall–Kier alpha value is -2.03. The first-order valence-corrected chi connectivity index (χ1v) is 7.13. The molecule has 3 rings (SSSR count). The van der Waals surface area contributed by atoms with Crippen LogP contribution >= 0.6 is 0 Å². The average Bonchev–Trinajstić information content (AvgIpc) is 2.81. The third kappa shape index (κ3) is 3.10. The lowest BCUT2D eigenvalue weighted by Gasteiger charge is -2.10. The Labute approximate surface area is 119 Å². The lowest BCUT2D eigenvalue weighted by atomic mass is 9.95. The van der Waals surface area contributed by atoms with Crippen LogP contribution in [0.3, 0.4) is 0 Å². The minimum absolute atomic E-state index is 0.138. The van der Waals surface area contributed by atoms with Gasteiger partial charge in [0.25, 0.3) is 0 Å². The standard InChI is InChI=1S/C17H18N2O/c20-17-10-14(8-13-4-2-1-3-5-13)9-15(17)11-16-6-7-18-12-19-16/h1-7,12,14-15H,8-11H2/t14-,15?/m0/s1.